The maximum absolute atomic E-state index is 12.3. The summed E-state index contributed by atoms with van der Waals surface area (Å²) in [5.74, 6) is 0.948. The molecule has 2 atom stereocenters. The van der Waals surface area contributed by atoms with Gasteiger partial charge in [0.2, 0.25) is 5.91 Å². The van der Waals surface area contributed by atoms with Crippen molar-refractivity contribution in [2.45, 2.75) is 19.3 Å². The number of rotatable bonds is 4. The number of carbonyl (C=O) groups is 1. The molecule has 0 aromatic heterocycles. The van der Waals surface area contributed by atoms with E-state index in [1.165, 1.54) is 5.69 Å². The predicted octanol–water partition coefficient (Wildman–Crippen LogP) is 1.55. The normalized spacial score (nSPS) is 25.5. The van der Waals surface area contributed by atoms with Crippen LogP contribution in [0.25, 0.3) is 0 Å². The van der Waals surface area contributed by atoms with Crippen LogP contribution in [0.4, 0.5) is 11.4 Å². The summed E-state index contributed by atoms with van der Waals surface area (Å²) in [6.07, 6.45) is 3.29. The molecule has 0 bridgehead atoms. The first kappa shape index (κ1) is 16.1. The maximum atomic E-state index is 12.3. The summed E-state index contributed by atoms with van der Waals surface area (Å²) in [4.78, 5) is 17.0. The number of nitrogen functional groups attached to an aromatic ring is 1. The van der Waals surface area contributed by atoms with Crippen LogP contribution < -0.4 is 16.0 Å². The number of likely N-dealkylation sites (tertiary alicyclic amines) is 1. The van der Waals surface area contributed by atoms with E-state index in [9.17, 15) is 4.79 Å². The third-order valence-corrected chi connectivity index (χ3v) is 5.10. The fourth-order valence-corrected chi connectivity index (χ4v) is 3.69. The zero-order valence-corrected chi connectivity index (χ0v) is 14.0. The lowest BCUT2D eigenvalue weighted by molar-refractivity contribution is -0.126. The fourth-order valence-electron chi connectivity index (χ4n) is 3.69. The Morgan fingerprint density at radius 2 is 2.00 bits per heavy atom. The van der Waals surface area contributed by atoms with Crippen molar-refractivity contribution in [2.24, 2.45) is 11.8 Å². The minimum Gasteiger partial charge on any atom is -0.399 e. The van der Waals surface area contributed by atoms with Crippen LogP contribution in [0, 0.1) is 11.8 Å². The molecule has 1 amide bonds. The summed E-state index contributed by atoms with van der Waals surface area (Å²) >= 11 is 0. The van der Waals surface area contributed by atoms with Crippen molar-refractivity contribution in [1.29, 1.82) is 0 Å². The number of carbonyl (C=O) groups excluding carboxylic acids is 1. The monoisotopic (exact) mass is 316 g/mol. The van der Waals surface area contributed by atoms with Gasteiger partial charge in [0.1, 0.15) is 0 Å². The number of nitrogens with zero attached hydrogens (tertiary/aromatic N) is 2. The minimum absolute atomic E-state index is 0.170. The highest BCUT2D eigenvalue weighted by Crippen LogP contribution is 2.24. The molecule has 0 saturated carbocycles. The van der Waals surface area contributed by atoms with Crippen LogP contribution >= 0.6 is 0 Å². The zero-order valence-electron chi connectivity index (χ0n) is 14.0. The van der Waals surface area contributed by atoms with Crippen molar-refractivity contribution in [3.8, 4) is 0 Å². The molecule has 126 valence electrons. The smallest absolute Gasteiger partial charge is 0.224 e. The predicted molar refractivity (Wildman–Crippen MR) is 94.4 cm³/mol. The second-order valence-electron chi connectivity index (χ2n) is 7.04. The molecule has 1 aromatic carbocycles. The summed E-state index contributed by atoms with van der Waals surface area (Å²) in [7, 11) is 2.10. The molecule has 0 radical (unpaired) electrons. The van der Waals surface area contributed by atoms with Gasteiger partial charge < -0.3 is 20.9 Å². The number of hydrogen-bond donors (Lipinski definition) is 2. The Kier molecular flexibility index (Phi) is 5.06. The number of amides is 1. The Morgan fingerprint density at radius 1 is 1.22 bits per heavy atom. The highest BCUT2D eigenvalue weighted by molar-refractivity contribution is 5.79. The number of anilines is 2. The van der Waals surface area contributed by atoms with E-state index in [0.717, 1.165) is 57.7 Å². The number of hydrogen-bond acceptors (Lipinski definition) is 4. The zero-order chi connectivity index (χ0) is 16.2. The second kappa shape index (κ2) is 7.21. The molecule has 2 fully saturated rings. The van der Waals surface area contributed by atoms with Crippen LogP contribution in [0.2, 0.25) is 0 Å². The van der Waals surface area contributed by atoms with Gasteiger partial charge in [-0.05, 0) is 63.0 Å². The molecular formula is C18H28N4O. The van der Waals surface area contributed by atoms with Gasteiger partial charge in [0.05, 0.1) is 5.92 Å². The van der Waals surface area contributed by atoms with E-state index in [0.29, 0.717) is 5.92 Å². The van der Waals surface area contributed by atoms with E-state index >= 15 is 0 Å². The summed E-state index contributed by atoms with van der Waals surface area (Å²) in [5, 5.41) is 3.18. The third-order valence-electron chi connectivity index (χ3n) is 5.10. The van der Waals surface area contributed by atoms with Crippen LogP contribution in [0.15, 0.2) is 24.3 Å². The van der Waals surface area contributed by atoms with Crippen LogP contribution in [-0.4, -0.2) is 50.6 Å². The first-order chi connectivity index (χ1) is 11.1. The van der Waals surface area contributed by atoms with Crippen molar-refractivity contribution < 1.29 is 4.79 Å². The van der Waals surface area contributed by atoms with Crippen molar-refractivity contribution in [3.63, 3.8) is 0 Å². The molecule has 1 unspecified atom stereocenters. The minimum atomic E-state index is 0.170. The van der Waals surface area contributed by atoms with Crippen molar-refractivity contribution in [1.82, 2.24) is 10.2 Å². The SMILES string of the molecule is CN1CCCC(C(=O)NC[C@H]2CCN(c3ccc(N)cc3)C2)C1. The summed E-state index contributed by atoms with van der Waals surface area (Å²) < 4.78 is 0. The lowest BCUT2D eigenvalue weighted by atomic mass is 9.97. The van der Waals surface area contributed by atoms with E-state index in [1.54, 1.807) is 0 Å². The van der Waals surface area contributed by atoms with Gasteiger partial charge in [0.25, 0.3) is 0 Å². The molecule has 3 rings (SSSR count). The number of piperidine rings is 1. The maximum Gasteiger partial charge on any atom is 0.224 e. The van der Waals surface area contributed by atoms with Crippen LogP contribution in [0.5, 0.6) is 0 Å². The van der Waals surface area contributed by atoms with Gasteiger partial charge in [-0.3, -0.25) is 4.79 Å². The van der Waals surface area contributed by atoms with E-state index < -0.39 is 0 Å². The van der Waals surface area contributed by atoms with Gasteiger partial charge in [-0.25, -0.2) is 0 Å². The Hall–Kier alpha value is -1.75. The Labute approximate surface area is 138 Å². The number of nitrogens with two attached hydrogens (primary N) is 1. The highest BCUT2D eigenvalue weighted by atomic mass is 16.1. The van der Waals surface area contributed by atoms with Gasteiger partial charge in [-0.2, -0.15) is 0 Å². The van der Waals surface area contributed by atoms with E-state index in [4.69, 9.17) is 5.73 Å². The molecular weight excluding hydrogens is 288 g/mol. The van der Waals surface area contributed by atoms with Gasteiger partial charge in [0, 0.05) is 37.6 Å². The first-order valence-electron chi connectivity index (χ1n) is 8.68. The average Bonchev–Trinajstić information content (AvgIpc) is 3.02. The van der Waals surface area contributed by atoms with E-state index in [2.05, 4.69) is 34.3 Å². The Balaban J connectivity index is 1.45. The quantitative estimate of drug-likeness (QED) is 0.828. The summed E-state index contributed by atoms with van der Waals surface area (Å²) in [6, 6.07) is 8.05. The largest absolute Gasteiger partial charge is 0.399 e. The number of benzene rings is 1. The van der Waals surface area contributed by atoms with Gasteiger partial charge in [0.15, 0.2) is 0 Å². The van der Waals surface area contributed by atoms with Crippen molar-refractivity contribution in [2.75, 3.05) is 50.4 Å². The fraction of sp³-hybridized carbons (Fsp3) is 0.611. The summed E-state index contributed by atoms with van der Waals surface area (Å²) in [5.41, 5.74) is 7.77. The molecule has 5 heteroatoms. The molecule has 0 aliphatic carbocycles. The Bertz CT molecular complexity index is 530. The van der Waals surface area contributed by atoms with Gasteiger partial charge >= 0.3 is 0 Å². The standard InChI is InChI=1S/C18H28N4O/c1-21-9-2-3-15(13-21)18(23)20-11-14-8-10-22(12-14)17-6-4-16(19)5-7-17/h4-7,14-15H,2-3,8-13,19H2,1H3,(H,20,23)/t14-,15?/m1/s1. The highest BCUT2D eigenvalue weighted by Gasteiger charge is 2.26. The van der Waals surface area contributed by atoms with Crippen LogP contribution in [0.3, 0.4) is 0 Å². The van der Waals surface area contributed by atoms with E-state index in [-0.39, 0.29) is 11.8 Å². The molecule has 2 aliphatic heterocycles. The molecule has 2 saturated heterocycles. The number of nitrogens with one attached hydrogen (secondary N) is 1. The lowest BCUT2D eigenvalue weighted by Gasteiger charge is -2.29. The lowest BCUT2D eigenvalue weighted by Crippen LogP contribution is -2.42. The first-order valence-corrected chi connectivity index (χ1v) is 8.68. The summed E-state index contributed by atoms with van der Waals surface area (Å²) in [6.45, 7) is 4.87. The van der Waals surface area contributed by atoms with Crippen molar-refractivity contribution >= 4 is 17.3 Å². The molecule has 23 heavy (non-hydrogen) atoms. The molecule has 0 spiro atoms. The Morgan fingerprint density at radius 3 is 2.74 bits per heavy atom. The molecule has 5 nitrogen and oxygen atoms in total. The van der Waals surface area contributed by atoms with E-state index in [1.807, 2.05) is 12.1 Å². The van der Waals surface area contributed by atoms with Gasteiger partial charge in [-0.1, -0.05) is 0 Å². The molecule has 2 aliphatic rings. The molecule has 1 aromatic rings. The van der Waals surface area contributed by atoms with Crippen molar-refractivity contribution in [3.05, 3.63) is 24.3 Å². The molecule has 3 N–H and O–H groups in total. The topological polar surface area (TPSA) is 61.6 Å². The average molecular weight is 316 g/mol. The van der Waals surface area contributed by atoms with Crippen LogP contribution in [0.1, 0.15) is 19.3 Å². The second-order valence-corrected chi connectivity index (χ2v) is 7.04. The molecule has 2 heterocycles. The third kappa shape index (κ3) is 4.16. The van der Waals surface area contributed by atoms with Gasteiger partial charge in [-0.15, -0.1) is 0 Å². The van der Waals surface area contributed by atoms with Crippen LogP contribution in [-0.2, 0) is 4.79 Å².